The molecule has 6 heterocycles. The number of hydrogen-bond acceptors (Lipinski definition) is 7. The van der Waals surface area contributed by atoms with Gasteiger partial charge in [0.2, 0.25) is 0 Å². The molecule has 2 N–H and O–H groups in total. The molecule has 0 saturated carbocycles. The Morgan fingerprint density at radius 1 is 1.03 bits per heavy atom. The Morgan fingerprint density at radius 3 is 2.56 bits per heavy atom. The van der Waals surface area contributed by atoms with Gasteiger partial charge in [-0.15, -0.1) is 10.2 Å². The fraction of sp³-hybridized carbons (Fsp3) is 0.519. The zero-order valence-electron chi connectivity index (χ0n) is 22.2. The van der Waals surface area contributed by atoms with Crippen LogP contribution in [-0.2, 0) is 26.1 Å². The summed E-state index contributed by atoms with van der Waals surface area (Å²) in [5, 5.41) is 8.63. The number of fused-ring (bicyclic) bond motifs is 2. The number of rotatable bonds is 4. The molecule has 0 radical (unpaired) electrons. The van der Waals surface area contributed by atoms with Gasteiger partial charge in [0, 0.05) is 37.7 Å². The highest BCUT2D eigenvalue weighted by Gasteiger charge is 2.34. The van der Waals surface area contributed by atoms with Crippen LogP contribution in [0, 0.1) is 0 Å². The van der Waals surface area contributed by atoms with E-state index in [4.69, 9.17) is 15.7 Å². The molecule has 9 heteroatoms. The second-order valence-electron chi connectivity index (χ2n) is 8.81. The van der Waals surface area contributed by atoms with E-state index in [2.05, 4.69) is 26.6 Å². The fourth-order valence-electron chi connectivity index (χ4n) is 5.17. The summed E-state index contributed by atoms with van der Waals surface area (Å²) in [6.07, 6.45) is 4.30. The van der Waals surface area contributed by atoms with Crippen LogP contribution >= 0.6 is 0 Å². The normalized spacial score (nSPS) is 17.8. The first-order chi connectivity index (χ1) is 17.6. The number of anilines is 2. The molecule has 0 aromatic carbocycles. The Hall–Kier alpha value is -3.33. The summed E-state index contributed by atoms with van der Waals surface area (Å²) in [6, 6.07) is 8.07. The van der Waals surface area contributed by atoms with Crippen molar-refractivity contribution in [1.29, 1.82) is 0 Å². The minimum atomic E-state index is -0.0543. The molecule has 1 atom stereocenters. The number of pyridine rings is 2. The standard InChI is InChI=1S/C23H26N8O.2C2H6/c1-14-5-3-9-29(14)21-11-15-16(18(12-24)26-21)13-31(23(15)32)19-7-2-6-17(25-19)22-28-27-20-8-4-10-30(20)22;2*1-2/h2,6-7,11,14H,3-5,8-10,12-13,24H2,1H3;2*1-2H3. The highest BCUT2D eigenvalue weighted by atomic mass is 16.2. The van der Waals surface area contributed by atoms with Gasteiger partial charge in [-0.25, -0.2) is 9.97 Å². The van der Waals surface area contributed by atoms with Crippen molar-refractivity contribution in [3.63, 3.8) is 0 Å². The third-order valence-corrected chi connectivity index (χ3v) is 6.88. The molecule has 1 amide bonds. The van der Waals surface area contributed by atoms with Crippen molar-refractivity contribution >= 4 is 17.5 Å². The van der Waals surface area contributed by atoms with Crippen molar-refractivity contribution in [3.05, 3.63) is 46.9 Å². The zero-order chi connectivity index (χ0) is 25.8. The van der Waals surface area contributed by atoms with E-state index in [9.17, 15) is 4.79 Å². The van der Waals surface area contributed by atoms with Gasteiger partial charge in [0.05, 0.1) is 17.8 Å². The van der Waals surface area contributed by atoms with E-state index in [0.29, 0.717) is 30.5 Å². The lowest BCUT2D eigenvalue weighted by atomic mass is 10.1. The summed E-state index contributed by atoms with van der Waals surface area (Å²) in [4.78, 5) is 27.1. The molecule has 0 aliphatic carbocycles. The molecule has 0 bridgehead atoms. The van der Waals surface area contributed by atoms with Gasteiger partial charge < -0.3 is 15.2 Å². The van der Waals surface area contributed by atoms with Gasteiger partial charge in [-0.2, -0.15) is 0 Å². The molecule has 1 unspecified atom stereocenters. The average Bonchev–Trinajstić information content (AvgIpc) is 3.71. The van der Waals surface area contributed by atoms with Crippen LogP contribution in [0.5, 0.6) is 0 Å². The topological polar surface area (TPSA) is 106 Å². The summed E-state index contributed by atoms with van der Waals surface area (Å²) in [5.41, 5.74) is 9.16. The Bertz CT molecular complexity index is 1220. The predicted octanol–water partition coefficient (Wildman–Crippen LogP) is 4.34. The third kappa shape index (κ3) is 4.48. The Kier molecular flexibility index (Phi) is 7.98. The summed E-state index contributed by atoms with van der Waals surface area (Å²) in [6.45, 7) is 12.8. The number of carbonyl (C=O) groups is 1. The zero-order valence-corrected chi connectivity index (χ0v) is 22.2. The molecule has 3 aliphatic heterocycles. The molecular formula is C27H38N8O. The van der Waals surface area contributed by atoms with Crippen LogP contribution in [0.3, 0.4) is 0 Å². The lowest BCUT2D eigenvalue weighted by Gasteiger charge is -2.23. The second kappa shape index (κ2) is 11.2. The van der Waals surface area contributed by atoms with Crippen molar-refractivity contribution in [2.75, 3.05) is 16.3 Å². The van der Waals surface area contributed by atoms with Crippen LogP contribution < -0.4 is 15.5 Å². The van der Waals surface area contributed by atoms with E-state index < -0.39 is 0 Å². The summed E-state index contributed by atoms with van der Waals surface area (Å²) >= 11 is 0. The minimum Gasteiger partial charge on any atom is -0.354 e. The maximum absolute atomic E-state index is 13.5. The van der Waals surface area contributed by atoms with Crippen LogP contribution in [0.2, 0.25) is 0 Å². The van der Waals surface area contributed by atoms with E-state index in [1.807, 2.05) is 52.0 Å². The minimum absolute atomic E-state index is 0.0543. The first-order valence-corrected chi connectivity index (χ1v) is 13.3. The van der Waals surface area contributed by atoms with Gasteiger partial charge in [-0.1, -0.05) is 33.8 Å². The highest BCUT2D eigenvalue weighted by Crippen LogP contribution is 2.34. The monoisotopic (exact) mass is 490 g/mol. The van der Waals surface area contributed by atoms with Gasteiger partial charge in [0.15, 0.2) is 5.82 Å². The van der Waals surface area contributed by atoms with E-state index >= 15 is 0 Å². The van der Waals surface area contributed by atoms with Crippen molar-refractivity contribution in [1.82, 2.24) is 24.7 Å². The Labute approximate surface area is 213 Å². The first-order valence-electron chi connectivity index (χ1n) is 13.3. The molecular weight excluding hydrogens is 452 g/mol. The number of amides is 1. The second-order valence-corrected chi connectivity index (χ2v) is 8.81. The number of nitrogens with two attached hydrogens (primary N) is 1. The largest absolute Gasteiger partial charge is 0.354 e. The number of hydrogen-bond donors (Lipinski definition) is 1. The molecule has 36 heavy (non-hydrogen) atoms. The number of nitrogens with zero attached hydrogens (tertiary/aromatic N) is 7. The Balaban J connectivity index is 0.000000726. The lowest BCUT2D eigenvalue weighted by Crippen LogP contribution is -2.28. The molecule has 1 fully saturated rings. The van der Waals surface area contributed by atoms with Gasteiger partial charge >= 0.3 is 0 Å². The maximum Gasteiger partial charge on any atom is 0.260 e. The Morgan fingerprint density at radius 2 is 1.83 bits per heavy atom. The average molecular weight is 491 g/mol. The quantitative estimate of drug-likeness (QED) is 0.580. The number of carbonyl (C=O) groups excluding carboxylic acids is 1. The lowest BCUT2D eigenvalue weighted by molar-refractivity contribution is 0.0996. The van der Waals surface area contributed by atoms with Crippen molar-refractivity contribution < 1.29 is 4.79 Å². The molecule has 3 aromatic heterocycles. The van der Waals surface area contributed by atoms with E-state index in [1.54, 1.807) is 4.90 Å². The van der Waals surface area contributed by atoms with Crippen LogP contribution in [0.25, 0.3) is 11.5 Å². The van der Waals surface area contributed by atoms with E-state index in [-0.39, 0.29) is 5.91 Å². The van der Waals surface area contributed by atoms with E-state index in [0.717, 1.165) is 73.2 Å². The first kappa shape index (κ1) is 25.8. The smallest absolute Gasteiger partial charge is 0.260 e. The molecule has 9 nitrogen and oxygen atoms in total. The fourth-order valence-corrected chi connectivity index (χ4v) is 5.17. The van der Waals surface area contributed by atoms with Gasteiger partial charge in [-0.05, 0) is 44.4 Å². The van der Waals surface area contributed by atoms with Crippen LogP contribution in [0.4, 0.5) is 11.6 Å². The molecule has 6 rings (SSSR count). The molecule has 192 valence electrons. The SMILES string of the molecule is CC.CC.CC1CCCN1c1cc2c(c(CN)n1)CN(c1cccc(-c3nnc4n3CCC4)n1)C2=O. The van der Waals surface area contributed by atoms with Crippen molar-refractivity contribution in [2.45, 2.75) is 86.0 Å². The summed E-state index contributed by atoms with van der Waals surface area (Å²) < 4.78 is 2.12. The third-order valence-electron chi connectivity index (χ3n) is 6.88. The maximum atomic E-state index is 13.5. The summed E-state index contributed by atoms with van der Waals surface area (Å²) in [7, 11) is 0. The molecule has 3 aliphatic rings. The van der Waals surface area contributed by atoms with Gasteiger partial charge in [-0.3, -0.25) is 9.69 Å². The molecule has 0 spiro atoms. The summed E-state index contributed by atoms with van der Waals surface area (Å²) in [5.74, 6) is 3.17. The van der Waals surface area contributed by atoms with Crippen molar-refractivity contribution in [2.24, 2.45) is 5.73 Å². The predicted molar refractivity (Wildman–Crippen MR) is 143 cm³/mol. The highest BCUT2D eigenvalue weighted by molar-refractivity contribution is 6.10. The molecule has 1 saturated heterocycles. The van der Waals surface area contributed by atoms with E-state index in [1.165, 1.54) is 0 Å². The van der Waals surface area contributed by atoms with Crippen molar-refractivity contribution in [3.8, 4) is 11.5 Å². The van der Waals surface area contributed by atoms with Crippen LogP contribution in [0.15, 0.2) is 24.3 Å². The van der Waals surface area contributed by atoms with Gasteiger partial charge in [0.1, 0.15) is 23.2 Å². The van der Waals surface area contributed by atoms with Crippen LogP contribution in [0.1, 0.15) is 81.3 Å². The number of aromatic nitrogens is 5. The number of aryl methyl sites for hydroxylation is 1. The van der Waals surface area contributed by atoms with Gasteiger partial charge in [0.25, 0.3) is 5.91 Å². The molecule has 3 aromatic rings. The van der Waals surface area contributed by atoms with Crippen LogP contribution in [-0.4, -0.2) is 43.2 Å².